The number of hydrogen-bond donors (Lipinski definition) is 1. The Kier molecular flexibility index (Phi) is 4.51. The standard InChI is InChI=1S/C18H16O4/c1-11-3-5-13(6-4-11)17(21)10-18(22)15-9-14(12(2)19)7-8-16(15)20/h3-9,20H,10H2,1-2H3. The minimum absolute atomic E-state index is 0.00633. The van der Waals surface area contributed by atoms with Crippen molar-refractivity contribution in [1.82, 2.24) is 0 Å². The number of carbonyl (C=O) groups excluding carboxylic acids is 3. The second kappa shape index (κ2) is 6.35. The van der Waals surface area contributed by atoms with Crippen molar-refractivity contribution in [2.24, 2.45) is 0 Å². The molecule has 4 nitrogen and oxygen atoms in total. The van der Waals surface area contributed by atoms with Gasteiger partial charge in [0.1, 0.15) is 5.75 Å². The van der Waals surface area contributed by atoms with Crippen LogP contribution in [0.1, 0.15) is 50.0 Å². The Balaban J connectivity index is 2.22. The summed E-state index contributed by atoms with van der Waals surface area (Å²) >= 11 is 0. The minimum Gasteiger partial charge on any atom is -0.507 e. The lowest BCUT2D eigenvalue weighted by molar-refractivity contribution is 0.0892. The van der Waals surface area contributed by atoms with E-state index in [2.05, 4.69) is 0 Å². The van der Waals surface area contributed by atoms with Crippen LogP contribution in [0.2, 0.25) is 0 Å². The predicted molar refractivity (Wildman–Crippen MR) is 82.6 cm³/mol. The lowest BCUT2D eigenvalue weighted by Crippen LogP contribution is -2.09. The summed E-state index contributed by atoms with van der Waals surface area (Å²) in [4.78, 5) is 35.6. The first-order valence-electron chi connectivity index (χ1n) is 6.85. The maximum Gasteiger partial charge on any atom is 0.174 e. The average molecular weight is 296 g/mol. The van der Waals surface area contributed by atoms with Gasteiger partial charge in [-0.25, -0.2) is 0 Å². The zero-order chi connectivity index (χ0) is 16.3. The third-order valence-electron chi connectivity index (χ3n) is 3.40. The summed E-state index contributed by atoms with van der Waals surface area (Å²) in [6.07, 6.45) is -0.349. The van der Waals surface area contributed by atoms with Gasteiger partial charge in [0.15, 0.2) is 17.3 Å². The first-order chi connectivity index (χ1) is 10.4. The molecule has 0 amide bonds. The highest BCUT2D eigenvalue weighted by atomic mass is 16.3. The van der Waals surface area contributed by atoms with Gasteiger partial charge in [0.05, 0.1) is 12.0 Å². The normalized spacial score (nSPS) is 10.3. The van der Waals surface area contributed by atoms with Gasteiger partial charge in [0.25, 0.3) is 0 Å². The van der Waals surface area contributed by atoms with Crippen molar-refractivity contribution in [1.29, 1.82) is 0 Å². The van der Waals surface area contributed by atoms with Crippen LogP contribution in [0.4, 0.5) is 0 Å². The third kappa shape index (κ3) is 3.47. The molecule has 22 heavy (non-hydrogen) atoms. The smallest absolute Gasteiger partial charge is 0.174 e. The van der Waals surface area contributed by atoms with Crippen LogP contribution in [-0.2, 0) is 0 Å². The lowest BCUT2D eigenvalue weighted by atomic mass is 9.98. The van der Waals surface area contributed by atoms with E-state index in [0.717, 1.165) is 5.56 Å². The van der Waals surface area contributed by atoms with E-state index in [9.17, 15) is 19.5 Å². The molecular formula is C18H16O4. The van der Waals surface area contributed by atoms with Crippen molar-refractivity contribution in [2.45, 2.75) is 20.3 Å². The van der Waals surface area contributed by atoms with Gasteiger partial charge in [-0.2, -0.15) is 0 Å². The van der Waals surface area contributed by atoms with E-state index in [1.165, 1.54) is 25.1 Å². The zero-order valence-electron chi connectivity index (χ0n) is 12.4. The first kappa shape index (κ1) is 15.6. The molecular weight excluding hydrogens is 280 g/mol. The van der Waals surface area contributed by atoms with E-state index in [1.807, 2.05) is 6.92 Å². The number of benzene rings is 2. The van der Waals surface area contributed by atoms with Gasteiger partial charge in [0, 0.05) is 11.1 Å². The van der Waals surface area contributed by atoms with Crippen molar-refractivity contribution < 1.29 is 19.5 Å². The van der Waals surface area contributed by atoms with Gasteiger partial charge < -0.3 is 5.11 Å². The molecule has 2 aromatic carbocycles. The predicted octanol–water partition coefficient (Wildman–Crippen LogP) is 3.36. The molecule has 0 saturated heterocycles. The number of Topliss-reactive ketones (excluding diaryl/α,β-unsaturated/α-hetero) is 3. The van der Waals surface area contributed by atoms with Crippen LogP contribution >= 0.6 is 0 Å². The summed E-state index contributed by atoms with van der Waals surface area (Å²) in [5.74, 6) is -1.27. The number of aryl methyl sites for hydroxylation is 1. The molecule has 0 fully saturated rings. The summed E-state index contributed by atoms with van der Waals surface area (Å²) in [7, 11) is 0. The summed E-state index contributed by atoms with van der Waals surface area (Å²) < 4.78 is 0. The molecule has 0 atom stereocenters. The Morgan fingerprint density at radius 3 is 2.09 bits per heavy atom. The maximum absolute atomic E-state index is 12.2. The molecule has 0 aliphatic rings. The van der Waals surface area contributed by atoms with Crippen molar-refractivity contribution >= 4 is 17.3 Å². The molecule has 0 radical (unpaired) electrons. The number of rotatable bonds is 5. The Morgan fingerprint density at radius 1 is 0.909 bits per heavy atom. The van der Waals surface area contributed by atoms with E-state index in [4.69, 9.17) is 0 Å². The number of phenols is 1. The fraction of sp³-hybridized carbons (Fsp3) is 0.167. The largest absolute Gasteiger partial charge is 0.507 e. The van der Waals surface area contributed by atoms with Crippen molar-refractivity contribution in [3.8, 4) is 5.75 Å². The summed E-state index contributed by atoms with van der Waals surface area (Å²) in [5.41, 5.74) is 1.79. The molecule has 2 rings (SSSR count). The number of ketones is 3. The number of hydrogen-bond acceptors (Lipinski definition) is 4. The fourth-order valence-corrected chi connectivity index (χ4v) is 2.06. The Labute approximate surface area is 128 Å². The Morgan fingerprint density at radius 2 is 1.50 bits per heavy atom. The fourth-order valence-electron chi connectivity index (χ4n) is 2.06. The van der Waals surface area contributed by atoms with Gasteiger partial charge in [0.2, 0.25) is 0 Å². The summed E-state index contributed by atoms with van der Waals surface area (Å²) in [6.45, 7) is 3.28. The van der Waals surface area contributed by atoms with Crippen molar-refractivity contribution in [2.75, 3.05) is 0 Å². The highest BCUT2D eigenvalue weighted by Gasteiger charge is 2.18. The molecule has 1 N–H and O–H groups in total. The van der Waals surface area contributed by atoms with Crippen LogP contribution < -0.4 is 0 Å². The molecule has 0 aromatic heterocycles. The SMILES string of the molecule is CC(=O)c1ccc(O)c(C(=O)CC(=O)c2ccc(C)cc2)c1. The third-order valence-corrected chi connectivity index (χ3v) is 3.40. The Bertz CT molecular complexity index is 742. The molecule has 4 heteroatoms. The van der Waals surface area contributed by atoms with E-state index < -0.39 is 5.78 Å². The monoisotopic (exact) mass is 296 g/mol. The molecule has 0 aliphatic carbocycles. The van der Waals surface area contributed by atoms with Gasteiger partial charge in [-0.15, -0.1) is 0 Å². The van der Waals surface area contributed by atoms with E-state index in [0.29, 0.717) is 11.1 Å². The van der Waals surface area contributed by atoms with E-state index in [-0.39, 0.29) is 29.3 Å². The van der Waals surface area contributed by atoms with Crippen LogP contribution in [-0.4, -0.2) is 22.5 Å². The van der Waals surface area contributed by atoms with Crippen molar-refractivity contribution in [3.63, 3.8) is 0 Å². The van der Waals surface area contributed by atoms with Crippen LogP contribution in [0.15, 0.2) is 42.5 Å². The van der Waals surface area contributed by atoms with Crippen LogP contribution in [0.25, 0.3) is 0 Å². The minimum atomic E-state index is -0.508. The molecule has 112 valence electrons. The van der Waals surface area contributed by atoms with E-state index >= 15 is 0 Å². The van der Waals surface area contributed by atoms with Crippen LogP contribution in [0.3, 0.4) is 0 Å². The summed E-state index contributed by atoms with van der Waals surface area (Å²) in [5, 5.41) is 9.76. The first-order valence-corrected chi connectivity index (χ1v) is 6.85. The quantitative estimate of drug-likeness (QED) is 0.678. The van der Waals surface area contributed by atoms with Gasteiger partial charge in [-0.3, -0.25) is 14.4 Å². The second-order valence-corrected chi connectivity index (χ2v) is 5.18. The number of carbonyl (C=O) groups is 3. The molecule has 0 heterocycles. The molecule has 0 saturated carbocycles. The molecule has 0 aliphatic heterocycles. The number of aromatic hydroxyl groups is 1. The number of phenolic OH excluding ortho intramolecular Hbond substituents is 1. The highest BCUT2D eigenvalue weighted by molar-refractivity contribution is 6.15. The van der Waals surface area contributed by atoms with E-state index in [1.54, 1.807) is 24.3 Å². The molecule has 0 unspecified atom stereocenters. The average Bonchev–Trinajstić information content (AvgIpc) is 2.47. The molecule has 0 bridgehead atoms. The molecule has 0 spiro atoms. The zero-order valence-corrected chi connectivity index (χ0v) is 12.4. The summed E-state index contributed by atoms with van der Waals surface area (Å²) in [6, 6.07) is 11.0. The Hall–Kier alpha value is -2.75. The molecule has 2 aromatic rings. The van der Waals surface area contributed by atoms with Gasteiger partial charge in [-0.1, -0.05) is 29.8 Å². The maximum atomic E-state index is 12.2. The lowest BCUT2D eigenvalue weighted by Gasteiger charge is -2.06. The van der Waals surface area contributed by atoms with Crippen LogP contribution in [0.5, 0.6) is 5.75 Å². The van der Waals surface area contributed by atoms with Crippen LogP contribution in [0, 0.1) is 6.92 Å². The topological polar surface area (TPSA) is 71.4 Å². The second-order valence-electron chi connectivity index (χ2n) is 5.18. The van der Waals surface area contributed by atoms with Gasteiger partial charge >= 0.3 is 0 Å². The van der Waals surface area contributed by atoms with Gasteiger partial charge in [-0.05, 0) is 32.0 Å². The van der Waals surface area contributed by atoms with Crippen molar-refractivity contribution in [3.05, 3.63) is 64.7 Å². The highest BCUT2D eigenvalue weighted by Crippen LogP contribution is 2.21.